The Balaban J connectivity index is 3.15. The van der Waals surface area contributed by atoms with Gasteiger partial charge in [-0.15, -0.1) is 0 Å². The SMILES string of the molecule is CC(C)(N)CCCc1cccc(C(C)(C)C)c1C(C)(C)C. The molecule has 1 rings (SSSR count). The summed E-state index contributed by atoms with van der Waals surface area (Å²) in [5, 5.41) is 0. The Labute approximate surface area is 132 Å². The lowest BCUT2D eigenvalue weighted by Gasteiger charge is -2.32. The van der Waals surface area contributed by atoms with Crippen LogP contribution in [0.4, 0.5) is 0 Å². The predicted molar refractivity (Wildman–Crippen MR) is 95.0 cm³/mol. The van der Waals surface area contributed by atoms with E-state index in [1.807, 2.05) is 0 Å². The number of hydrogen-bond donors (Lipinski definition) is 1. The maximum atomic E-state index is 6.12. The molecule has 0 aliphatic rings. The van der Waals surface area contributed by atoms with E-state index in [1.54, 1.807) is 0 Å². The summed E-state index contributed by atoms with van der Waals surface area (Å²) in [6.45, 7) is 18.1. The second-order valence-corrected chi connectivity index (χ2v) is 9.18. The van der Waals surface area contributed by atoms with E-state index in [1.165, 1.54) is 16.7 Å². The van der Waals surface area contributed by atoms with Crippen LogP contribution in [0.15, 0.2) is 18.2 Å². The van der Waals surface area contributed by atoms with Gasteiger partial charge in [0.1, 0.15) is 0 Å². The Hall–Kier alpha value is -0.820. The van der Waals surface area contributed by atoms with E-state index >= 15 is 0 Å². The first kappa shape index (κ1) is 18.2. The normalized spacial score (nSPS) is 13.6. The lowest BCUT2D eigenvalue weighted by molar-refractivity contribution is 0.456. The number of hydrogen-bond acceptors (Lipinski definition) is 1. The van der Waals surface area contributed by atoms with Gasteiger partial charge in [-0.25, -0.2) is 0 Å². The molecule has 0 bridgehead atoms. The van der Waals surface area contributed by atoms with Crippen molar-refractivity contribution in [2.45, 2.75) is 91.0 Å². The van der Waals surface area contributed by atoms with E-state index in [0.29, 0.717) is 0 Å². The largest absolute Gasteiger partial charge is 0.326 e. The lowest BCUT2D eigenvalue weighted by Crippen LogP contribution is -2.31. The first-order chi connectivity index (χ1) is 9.32. The fourth-order valence-electron chi connectivity index (χ4n) is 3.05. The molecule has 0 aliphatic heterocycles. The second kappa shape index (κ2) is 6.12. The average molecular weight is 290 g/mol. The zero-order chi connectivity index (χ0) is 16.5. The van der Waals surface area contributed by atoms with E-state index in [0.717, 1.165) is 19.3 Å². The Bertz CT molecular complexity index is 464. The molecule has 0 saturated carbocycles. The molecule has 0 amide bonds. The van der Waals surface area contributed by atoms with Crippen molar-refractivity contribution < 1.29 is 0 Å². The third-order valence-electron chi connectivity index (χ3n) is 3.98. The van der Waals surface area contributed by atoms with Gasteiger partial charge in [0, 0.05) is 5.54 Å². The summed E-state index contributed by atoms with van der Waals surface area (Å²) in [5.74, 6) is 0. The van der Waals surface area contributed by atoms with Crippen LogP contribution in [0.1, 0.15) is 84.9 Å². The first-order valence-electron chi connectivity index (χ1n) is 8.24. The molecule has 0 radical (unpaired) electrons. The van der Waals surface area contributed by atoms with E-state index in [-0.39, 0.29) is 16.4 Å². The molecule has 0 aliphatic carbocycles. The van der Waals surface area contributed by atoms with Gasteiger partial charge in [0.2, 0.25) is 0 Å². The Morgan fingerprint density at radius 2 is 1.43 bits per heavy atom. The summed E-state index contributed by atoms with van der Waals surface area (Å²) in [7, 11) is 0. The van der Waals surface area contributed by atoms with E-state index in [2.05, 4.69) is 73.6 Å². The van der Waals surface area contributed by atoms with Gasteiger partial charge in [0.05, 0.1) is 0 Å². The monoisotopic (exact) mass is 289 g/mol. The topological polar surface area (TPSA) is 26.0 Å². The third-order valence-corrected chi connectivity index (χ3v) is 3.98. The molecule has 120 valence electrons. The fraction of sp³-hybridized carbons (Fsp3) is 0.700. The summed E-state index contributed by atoms with van der Waals surface area (Å²) in [6, 6.07) is 6.83. The fourth-order valence-corrected chi connectivity index (χ4v) is 3.05. The standard InChI is InChI=1S/C20H35N/c1-18(2,3)16-13-9-11-15(17(16)19(4,5)6)12-10-14-20(7,8)21/h9,11,13H,10,12,14,21H2,1-8H3. The van der Waals surface area contributed by atoms with Crippen LogP contribution >= 0.6 is 0 Å². The molecule has 0 aromatic heterocycles. The van der Waals surface area contributed by atoms with Gasteiger partial charge < -0.3 is 5.73 Å². The highest BCUT2D eigenvalue weighted by atomic mass is 14.7. The molecule has 0 spiro atoms. The van der Waals surface area contributed by atoms with Crippen LogP contribution in [0.2, 0.25) is 0 Å². The molecule has 0 fully saturated rings. The van der Waals surface area contributed by atoms with Gasteiger partial charge in [-0.3, -0.25) is 0 Å². The number of nitrogens with two attached hydrogens (primary N) is 1. The molecule has 1 nitrogen and oxygen atoms in total. The molecule has 0 heterocycles. The quantitative estimate of drug-likeness (QED) is 0.795. The van der Waals surface area contributed by atoms with Crippen molar-refractivity contribution in [3.63, 3.8) is 0 Å². The van der Waals surface area contributed by atoms with Crippen LogP contribution in [0.25, 0.3) is 0 Å². The molecule has 21 heavy (non-hydrogen) atoms. The van der Waals surface area contributed by atoms with Gasteiger partial charge in [-0.05, 0) is 60.6 Å². The molecule has 0 saturated heterocycles. The zero-order valence-electron chi connectivity index (χ0n) is 15.4. The van der Waals surface area contributed by atoms with Crippen LogP contribution in [0.5, 0.6) is 0 Å². The van der Waals surface area contributed by atoms with Gasteiger partial charge in [-0.2, -0.15) is 0 Å². The summed E-state index contributed by atoms with van der Waals surface area (Å²) in [6.07, 6.45) is 3.34. The van der Waals surface area contributed by atoms with Crippen molar-refractivity contribution in [1.82, 2.24) is 0 Å². The summed E-state index contributed by atoms with van der Waals surface area (Å²) >= 11 is 0. The molecule has 1 aromatic rings. The highest BCUT2D eigenvalue weighted by Gasteiger charge is 2.27. The van der Waals surface area contributed by atoms with E-state index < -0.39 is 0 Å². The number of benzene rings is 1. The van der Waals surface area contributed by atoms with Crippen molar-refractivity contribution in [2.75, 3.05) is 0 Å². The van der Waals surface area contributed by atoms with Crippen molar-refractivity contribution in [2.24, 2.45) is 5.73 Å². The summed E-state index contributed by atoms with van der Waals surface area (Å²) < 4.78 is 0. The van der Waals surface area contributed by atoms with Gasteiger partial charge >= 0.3 is 0 Å². The van der Waals surface area contributed by atoms with E-state index in [9.17, 15) is 0 Å². The van der Waals surface area contributed by atoms with Crippen molar-refractivity contribution in [1.29, 1.82) is 0 Å². The zero-order valence-corrected chi connectivity index (χ0v) is 15.4. The number of aryl methyl sites for hydroxylation is 1. The molecule has 0 atom stereocenters. The van der Waals surface area contributed by atoms with Crippen molar-refractivity contribution >= 4 is 0 Å². The van der Waals surface area contributed by atoms with E-state index in [4.69, 9.17) is 5.73 Å². The maximum Gasteiger partial charge on any atom is 0.00971 e. The molecule has 2 N–H and O–H groups in total. The van der Waals surface area contributed by atoms with Gasteiger partial charge in [-0.1, -0.05) is 59.7 Å². The molecule has 0 unspecified atom stereocenters. The summed E-state index contributed by atoms with van der Waals surface area (Å²) in [5.41, 5.74) is 10.9. The van der Waals surface area contributed by atoms with Crippen LogP contribution in [-0.4, -0.2) is 5.54 Å². The molecule has 1 aromatic carbocycles. The minimum atomic E-state index is -0.0659. The van der Waals surface area contributed by atoms with Crippen LogP contribution in [0, 0.1) is 0 Å². The molecular formula is C20H35N. The van der Waals surface area contributed by atoms with Gasteiger partial charge in [0.15, 0.2) is 0 Å². The van der Waals surface area contributed by atoms with Crippen LogP contribution < -0.4 is 5.73 Å². The average Bonchev–Trinajstić information content (AvgIpc) is 2.24. The maximum absolute atomic E-state index is 6.12. The Morgan fingerprint density at radius 3 is 1.86 bits per heavy atom. The predicted octanol–water partition coefficient (Wildman–Crippen LogP) is 5.34. The Kier molecular flexibility index (Phi) is 5.31. The highest BCUT2D eigenvalue weighted by molar-refractivity contribution is 5.43. The molecule has 1 heteroatoms. The molecular weight excluding hydrogens is 254 g/mol. The minimum absolute atomic E-state index is 0.0659. The van der Waals surface area contributed by atoms with Crippen molar-refractivity contribution in [3.05, 3.63) is 34.9 Å². The van der Waals surface area contributed by atoms with Crippen LogP contribution in [-0.2, 0) is 17.3 Å². The highest BCUT2D eigenvalue weighted by Crippen LogP contribution is 2.36. The third kappa shape index (κ3) is 5.47. The Morgan fingerprint density at radius 1 is 0.857 bits per heavy atom. The lowest BCUT2D eigenvalue weighted by atomic mass is 9.72. The van der Waals surface area contributed by atoms with Gasteiger partial charge in [0.25, 0.3) is 0 Å². The second-order valence-electron chi connectivity index (χ2n) is 9.18. The van der Waals surface area contributed by atoms with Crippen LogP contribution in [0.3, 0.4) is 0 Å². The number of rotatable bonds is 4. The minimum Gasteiger partial charge on any atom is -0.326 e. The summed E-state index contributed by atoms with van der Waals surface area (Å²) in [4.78, 5) is 0. The smallest absolute Gasteiger partial charge is 0.00971 e. The van der Waals surface area contributed by atoms with Crippen molar-refractivity contribution in [3.8, 4) is 0 Å². The first-order valence-corrected chi connectivity index (χ1v) is 8.24.